The van der Waals surface area contributed by atoms with Crippen molar-refractivity contribution in [2.45, 2.75) is 6.92 Å². The van der Waals surface area contributed by atoms with Crippen LogP contribution in [0.3, 0.4) is 0 Å². The number of hydrogen-bond donors (Lipinski definition) is 0. The SMILES string of the molecule is C=CCOc1c(C)c(Br)c(Br)c(Br)c1Br. The standard InChI is InChI=1S/C10H8Br4O/c1-3-4-15-10-5(2)6(11)7(12)8(13)9(10)14/h3H,1,4H2,2H3. The minimum Gasteiger partial charge on any atom is -0.488 e. The van der Waals surface area contributed by atoms with Crippen molar-refractivity contribution in [3.05, 3.63) is 36.1 Å². The van der Waals surface area contributed by atoms with Crippen molar-refractivity contribution in [1.82, 2.24) is 0 Å². The molecule has 1 aromatic rings. The van der Waals surface area contributed by atoms with Crippen molar-refractivity contribution >= 4 is 63.7 Å². The molecule has 82 valence electrons. The maximum Gasteiger partial charge on any atom is 0.139 e. The third kappa shape index (κ3) is 2.87. The molecular weight excluding hydrogens is 456 g/mol. The normalized spacial score (nSPS) is 10.2. The molecular formula is C10H8Br4O. The van der Waals surface area contributed by atoms with E-state index in [-0.39, 0.29) is 0 Å². The van der Waals surface area contributed by atoms with Gasteiger partial charge in [0.2, 0.25) is 0 Å². The predicted octanol–water partition coefficient (Wildman–Crippen LogP) is 5.61. The molecule has 1 nitrogen and oxygen atoms in total. The third-order valence-electron chi connectivity index (χ3n) is 1.79. The van der Waals surface area contributed by atoms with E-state index in [1.807, 2.05) is 6.92 Å². The van der Waals surface area contributed by atoms with Crippen molar-refractivity contribution in [3.63, 3.8) is 0 Å². The summed E-state index contributed by atoms with van der Waals surface area (Å²) in [5.74, 6) is 0.817. The van der Waals surface area contributed by atoms with Crippen LogP contribution >= 0.6 is 63.7 Å². The molecule has 0 aliphatic carbocycles. The Morgan fingerprint density at radius 1 is 1.07 bits per heavy atom. The van der Waals surface area contributed by atoms with Crippen LogP contribution in [0.4, 0.5) is 0 Å². The Morgan fingerprint density at radius 2 is 1.60 bits per heavy atom. The van der Waals surface area contributed by atoms with E-state index in [1.54, 1.807) is 6.08 Å². The highest BCUT2D eigenvalue weighted by atomic mass is 79.9. The van der Waals surface area contributed by atoms with Crippen LogP contribution < -0.4 is 4.74 Å². The summed E-state index contributed by atoms with van der Waals surface area (Å²) in [5.41, 5.74) is 1.04. The molecule has 0 bridgehead atoms. The van der Waals surface area contributed by atoms with Crippen LogP contribution in [0.25, 0.3) is 0 Å². The Bertz CT molecular complexity index is 372. The van der Waals surface area contributed by atoms with Gasteiger partial charge in [0.25, 0.3) is 0 Å². The fraction of sp³-hybridized carbons (Fsp3) is 0.200. The average molecular weight is 464 g/mol. The van der Waals surface area contributed by atoms with Crippen LogP contribution in [0, 0.1) is 6.92 Å². The number of ether oxygens (including phenoxy) is 1. The quantitative estimate of drug-likeness (QED) is 0.322. The number of benzene rings is 1. The topological polar surface area (TPSA) is 9.23 Å². The number of hydrogen-bond acceptors (Lipinski definition) is 1. The van der Waals surface area contributed by atoms with Crippen LogP contribution in [-0.2, 0) is 0 Å². The first-order valence-corrected chi connectivity index (χ1v) is 7.24. The summed E-state index contributed by atoms with van der Waals surface area (Å²) >= 11 is 14.0. The van der Waals surface area contributed by atoms with E-state index in [4.69, 9.17) is 4.74 Å². The van der Waals surface area contributed by atoms with Crippen LogP contribution in [0.1, 0.15) is 5.56 Å². The lowest BCUT2D eigenvalue weighted by molar-refractivity contribution is 0.357. The Labute approximate surface area is 123 Å². The zero-order valence-electron chi connectivity index (χ0n) is 7.91. The van der Waals surface area contributed by atoms with Crippen molar-refractivity contribution < 1.29 is 4.74 Å². The molecule has 0 aliphatic heterocycles. The molecule has 0 N–H and O–H groups in total. The van der Waals surface area contributed by atoms with Crippen LogP contribution in [-0.4, -0.2) is 6.61 Å². The molecule has 0 amide bonds. The van der Waals surface area contributed by atoms with Crippen molar-refractivity contribution in [2.75, 3.05) is 6.61 Å². The molecule has 5 heteroatoms. The number of rotatable bonds is 3. The van der Waals surface area contributed by atoms with Crippen molar-refractivity contribution in [2.24, 2.45) is 0 Å². The lowest BCUT2D eigenvalue weighted by Crippen LogP contribution is -1.98. The highest BCUT2D eigenvalue weighted by Gasteiger charge is 2.17. The van der Waals surface area contributed by atoms with E-state index in [0.29, 0.717) is 6.61 Å². The van der Waals surface area contributed by atoms with E-state index in [1.165, 1.54) is 0 Å². The molecule has 15 heavy (non-hydrogen) atoms. The molecule has 0 aromatic heterocycles. The fourth-order valence-corrected chi connectivity index (χ4v) is 3.43. The Hall–Kier alpha value is 0.680. The molecule has 0 saturated heterocycles. The van der Waals surface area contributed by atoms with Gasteiger partial charge in [-0.1, -0.05) is 12.7 Å². The summed E-state index contributed by atoms with van der Waals surface area (Å²) < 4.78 is 9.37. The first kappa shape index (κ1) is 13.7. The smallest absolute Gasteiger partial charge is 0.139 e. The minimum absolute atomic E-state index is 0.486. The molecule has 0 heterocycles. The van der Waals surface area contributed by atoms with Crippen LogP contribution in [0.5, 0.6) is 5.75 Å². The third-order valence-corrected chi connectivity index (χ3v) is 6.72. The second-order valence-corrected chi connectivity index (χ2v) is 5.98. The van der Waals surface area contributed by atoms with Gasteiger partial charge in [0, 0.05) is 14.5 Å². The predicted molar refractivity (Wildman–Crippen MR) is 77.7 cm³/mol. The van der Waals surface area contributed by atoms with Gasteiger partial charge in [-0.3, -0.25) is 0 Å². The first-order chi connectivity index (χ1) is 7.00. The molecule has 0 spiro atoms. The second kappa shape index (κ2) is 5.84. The van der Waals surface area contributed by atoms with Crippen molar-refractivity contribution in [3.8, 4) is 5.75 Å². The fourth-order valence-electron chi connectivity index (χ4n) is 1.04. The molecule has 1 rings (SSSR count). The number of halogens is 4. The molecule has 0 atom stereocenters. The van der Waals surface area contributed by atoms with Gasteiger partial charge in [0.15, 0.2) is 0 Å². The Morgan fingerprint density at radius 3 is 2.13 bits per heavy atom. The summed E-state index contributed by atoms with van der Waals surface area (Å²) in [5, 5.41) is 0. The Kier molecular flexibility index (Phi) is 5.36. The highest BCUT2D eigenvalue weighted by Crippen LogP contribution is 2.45. The second-order valence-electron chi connectivity index (χ2n) is 2.81. The van der Waals surface area contributed by atoms with Gasteiger partial charge in [0.1, 0.15) is 12.4 Å². The van der Waals surface area contributed by atoms with Gasteiger partial charge < -0.3 is 4.74 Å². The zero-order valence-corrected chi connectivity index (χ0v) is 14.3. The zero-order chi connectivity index (χ0) is 11.6. The lowest BCUT2D eigenvalue weighted by atomic mass is 10.2. The molecule has 0 saturated carbocycles. The Balaban J connectivity index is 3.31. The molecule has 0 unspecified atom stereocenters. The van der Waals surface area contributed by atoms with Crippen LogP contribution in [0.2, 0.25) is 0 Å². The van der Waals surface area contributed by atoms with Gasteiger partial charge in [-0.15, -0.1) is 0 Å². The monoisotopic (exact) mass is 460 g/mol. The maximum atomic E-state index is 5.59. The van der Waals surface area contributed by atoms with Gasteiger partial charge in [-0.05, 0) is 70.6 Å². The molecule has 0 fully saturated rings. The average Bonchev–Trinajstić information content (AvgIpc) is 2.24. The molecule has 0 aliphatic rings. The van der Waals surface area contributed by atoms with E-state index in [2.05, 4.69) is 70.3 Å². The largest absolute Gasteiger partial charge is 0.488 e. The summed E-state index contributed by atoms with van der Waals surface area (Å²) in [6, 6.07) is 0. The van der Waals surface area contributed by atoms with Gasteiger partial charge in [-0.25, -0.2) is 0 Å². The minimum atomic E-state index is 0.486. The van der Waals surface area contributed by atoms with E-state index in [9.17, 15) is 0 Å². The van der Waals surface area contributed by atoms with Crippen LogP contribution in [0.15, 0.2) is 30.5 Å². The van der Waals surface area contributed by atoms with E-state index < -0.39 is 0 Å². The lowest BCUT2D eigenvalue weighted by Gasteiger charge is -2.14. The van der Waals surface area contributed by atoms with E-state index >= 15 is 0 Å². The molecule has 0 radical (unpaired) electrons. The summed E-state index contributed by atoms with van der Waals surface area (Å²) in [4.78, 5) is 0. The van der Waals surface area contributed by atoms with Gasteiger partial charge in [-0.2, -0.15) is 0 Å². The maximum absolute atomic E-state index is 5.59. The summed E-state index contributed by atoms with van der Waals surface area (Å²) in [6.45, 7) is 6.10. The van der Waals surface area contributed by atoms with E-state index in [0.717, 1.165) is 29.2 Å². The highest BCUT2D eigenvalue weighted by molar-refractivity contribution is 9.15. The first-order valence-electron chi connectivity index (χ1n) is 4.07. The summed E-state index contributed by atoms with van der Waals surface area (Å²) in [7, 11) is 0. The molecule has 1 aromatic carbocycles. The van der Waals surface area contributed by atoms with Gasteiger partial charge in [0.05, 0.1) is 8.95 Å². The van der Waals surface area contributed by atoms with Gasteiger partial charge >= 0.3 is 0 Å². The summed E-state index contributed by atoms with van der Waals surface area (Å²) in [6.07, 6.45) is 1.72. The van der Waals surface area contributed by atoms with Crippen molar-refractivity contribution in [1.29, 1.82) is 0 Å².